The molecular formula is C13H18ClN3O3S. The second-order valence-electron chi connectivity index (χ2n) is 5.38. The molecule has 8 heteroatoms. The molecule has 1 N–H and O–H groups in total. The molecule has 0 atom stereocenters. The van der Waals surface area contributed by atoms with Crippen LogP contribution in [-0.2, 0) is 10.0 Å². The Bertz CT molecular complexity index is 750. The predicted octanol–water partition coefficient (Wildman–Crippen LogP) is 1.77. The zero-order chi connectivity index (χ0) is 15.8. The summed E-state index contributed by atoms with van der Waals surface area (Å²) in [5.41, 5.74) is -0.684. The van der Waals surface area contributed by atoms with Crippen LogP contribution in [0.5, 0.6) is 0 Å². The number of rotatable bonds is 5. The van der Waals surface area contributed by atoms with Crippen molar-refractivity contribution in [2.24, 2.45) is 0 Å². The fourth-order valence-corrected chi connectivity index (χ4v) is 4.30. The van der Waals surface area contributed by atoms with E-state index in [0.717, 1.165) is 0 Å². The monoisotopic (exact) mass is 331 g/mol. The Hall–Kier alpha value is -1.15. The number of imidazole rings is 1. The highest BCUT2D eigenvalue weighted by atomic mass is 35.5. The fraction of sp³-hybridized carbons (Fsp3) is 0.462. The van der Waals surface area contributed by atoms with Crippen LogP contribution < -0.4 is 0 Å². The van der Waals surface area contributed by atoms with E-state index in [1.165, 1.54) is 8.71 Å². The molecule has 0 amide bonds. The van der Waals surface area contributed by atoms with Gasteiger partial charge in [-0.2, -0.15) is 4.31 Å². The van der Waals surface area contributed by atoms with Gasteiger partial charge in [-0.3, -0.25) is 4.40 Å². The summed E-state index contributed by atoms with van der Waals surface area (Å²) in [7, 11) is -3.86. The average molecular weight is 332 g/mol. The zero-order valence-electron chi connectivity index (χ0n) is 12.1. The molecule has 0 aliphatic heterocycles. The molecule has 0 bridgehead atoms. The van der Waals surface area contributed by atoms with Crippen molar-refractivity contribution in [1.29, 1.82) is 0 Å². The Morgan fingerprint density at radius 1 is 1.43 bits per heavy atom. The molecule has 0 fully saturated rings. The van der Waals surface area contributed by atoms with Crippen molar-refractivity contribution in [3.8, 4) is 0 Å². The highest BCUT2D eigenvalue weighted by Gasteiger charge is 2.33. The SMILES string of the molecule is CCN(CC(C)(C)O)S(=O)(=O)c1c(Cl)nc2ccccn12. The van der Waals surface area contributed by atoms with Crippen molar-refractivity contribution in [1.82, 2.24) is 13.7 Å². The lowest BCUT2D eigenvalue weighted by Crippen LogP contribution is -2.42. The van der Waals surface area contributed by atoms with Gasteiger partial charge in [0.15, 0.2) is 10.2 Å². The molecule has 0 saturated heterocycles. The van der Waals surface area contributed by atoms with Crippen molar-refractivity contribution in [2.45, 2.75) is 31.4 Å². The van der Waals surface area contributed by atoms with E-state index < -0.39 is 15.6 Å². The number of aromatic nitrogens is 2. The number of pyridine rings is 1. The van der Waals surface area contributed by atoms with Gasteiger partial charge in [-0.05, 0) is 26.0 Å². The Balaban J connectivity index is 2.58. The largest absolute Gasteiger partial charge is 0.389 e. The van der Waals surface area contributed by atoms with E-state index in [1.807, 2.05) is 0 Å². The summed E-state index contributed by atoms with van der Waals surface area (Å²) in [6.07, 6.45) is 1.60. The molecule has 2 aromatic heterocycles. The Kier molecular flexibility index (Phi) is 4.30. The van der Waals surface area contributed by atoms with E-state index in [0.29, 0.717) is 5.65 Å². The summed E-state index contributed by atoms with van der Waals surface area (Å²) >= 11 is 6.02. The van der Waals surface area contributed by atoms with E-state index in [4.69, 9.17) is 11.6 Å². The van der Waals surface area contributed by atoms with E-state index in [2.05, 4.69) is 4.98 Å². The zero-order valence-corrected chi connectivity index (χ0v) is 13.7. The average Bonchev–Trinajstić information content (AvgIpc) is 2.71. The molecule has 0 aliphatic carbocycles. The molecule has 0 aromatic carbocycles. The van der Waals surface area contributed by atoms with E-state index in [9.17, 15) is 13.5 Å². The van der Waals surface area contributed by atoms with E-state index in [-0.39, 0.29) is 23.3 Å². The fourth-order valence-electron chi connectivity index (χ4n) is 2.10. The highest BCUT2D eigenvalue weighted by molar-refractivity contribution is 7.89. The second-order valence-corrected chi connectivity index (χ2v) is 7.59. The van der Waals surface area contributed by atoms with Gasteiger partial charge in [0.2, 0.25) is 0 Å². The number of aliphatic hydroxyl groups is 1. The summed E-state index contributed by atoms with van der Waals surface area (Å²) in [6.45, 7) is 5.02. The molecule has 2 heterocycles. The normalized spacial score (nSPS) is 13.2. The molecule has 116 valence electrons. The maximum absolute atomic E-state index is 12.8. The topological polar surface area (TPSA) is 74.9 Å². The molecule has 2 rings (SSSR count). The lowest BCUT2D eigenvalue weighted by atomic mass is 10.1. The summed E-state index contributed by atoms with van der Waals surface area (Å²) in [6, 6.07) is 5.14. The van der Waals surface area contributed by atoms with Gasteiger partial charge in [0.05, 0.1) is 5.60 Å². The van der Waals surface area contributed by atoms with Gasteiger partial charge in [0.1, 0.15) is 5.65 Å². The number of likely N-dealkylation sites (N-methyl/N-ethyl adjacent to an activating group) is 1. The standard InChI is InChI=1S/C13H18ClN3O3S/c1-4-16(9-13(2,3)18)21(19,20)12-11(14)15-10-7-5-6-8-17(10)12/h5-8,18H,4,9H2,1-3H3. The summed E-state index contributed by atoms with van der Waals surface area (Å²) < 4.78 is 28.2. The summed E-state index contributed by atoms with van der Waals surface area (Å²) in [4.78, 5) is 4.05. The minimum atomic E-state index is -3.86. The molecular weight excluding hydrogens is 314 g/mol. The molecule has 0 unspecified atom stereocenters. The summed E-state index contributed by atoms with van der Waals surface area (Å²) in [5.74, 6) is 0. The van der Waals surface area contributed by atoms with Crippen LogP contribution in [0.1, 0.15) is 20.8 Å². The number of fused-ring (bicyclic) bond motifs is 1. The van der Waals surface area contributed by atoms with Crippen LogP contribution in [0.4, 0.5) is 0 Å². The minimum absolute atomic E-state index is 0.0256. The number of nitrogens with zero attached hydrogens (tertiary/aromatic N) is 3. The molecule has 0 aliphatic rings. The molecule has 6 nitrogen and oxygen atoms in total. The van der Waals surface area contributed by atoms with Gasteiger partial charge in [0, 0.05) is 19.3 Å². The maximum Gasteiger partial charge on any atom is 0.262 e. The first-order valence-corrected chi connectivity index (χ1v) is 8.34. The van der Waals surface area contributed by atoms with E-state index >= 15 is 0 Å². The predicted molar refractivity (Wildman–Crippen MR) is 80.9 cm³/mol. The van der Waals surface area contributed by atoms with Crippen LogP contribution in [0.3, 0.4) is 0 Å². The molecule has 0 spiro atoms. The van der Waals surface area contributed by atoms with Crippen LogP contribution in [0, 0.1) is 0 Å². The maximum atomic E-state index is 12.8. The number of sulfonamides is 1. The summed E-state index contributed by atoms with van der Waals surface area (Å²) in [5, 5.41) is 9.75. The molecule has 0 radical (unpaired) electrons. The van der Waals surface area contributed by atoms with Gasteiger partial charge in [-0.15, -0.1) is 0 Å². The highest BCUT2D eigenvalue weighted by Crippen LogP contribution is 2.26. The van der Waals surface area contributed by atoms with Gasteiger partial charge in [0.25, 0.3) is 10.0 Å². The van der Waals surface area contributed by atoms with Crippen molar-refractivity contribution < 1.29 is 13.5 Å². The lowest BCUT2D eigenvalue weighted by Gasteiger charge is -2.27. The smallest absolute Gasteiger partial charge is 0.262 e. The van der Waals surface area contributed by atoms with Crippen LogP contribution >= 0.6 is 11.6 Å². The Labute approximate surface area is 129 Å². The van der Waals surface area contributed by atoms with Crippen LogP contribution in [0.25, 0.3) is 5.65 Å². The van der Waals surface area contributed by atoms with Crippen LogP contribution in [0.15, 0.2) is 29.4 Å². The first-order chi connectivity index (χ1) is 9.66. The van der Waals surface area contributed by atoms with Gasteiger partial charge < -0.3 is 5.11 Å². The number of halogens is 1. The van der Waals surface area contributed by atoms with Crippen molar-refractivity contribution in [3.63, 3.8) is 0 Å². The molecule has 21 heavy (non-hydrogen) atoms. The van der Waals surface area contributed by atoms with Crippen molar-refractivity contribution in [3.05, 3.63) is 29.5 Å². The lowest BCUT2D eigenvalue weighted by molar-refractivity contribution is 0.0601. The quantitative estimate of drug-likeness (QED) is 0.906. The third-order valence-corrected chi connectivity index (χ3v) is 5.27. The van der Waals surface area contributed by atoms with E-state index in [1.54, 1.807) is 45.2 Å². The first kappa shape index (κ1) is 16.2. The van der Waals surface area contributed by atoms with Gasteiger partial charge in [-0.25, -0.2) is 13.4 Å². The van der Waals surface area contributed by atoms with Crippen molar-refractivity contribution in [2.75, 3.05) is 13.1 Å². The van der Waals surface area contributed by atoms with Crippen LogP contribution in [-0.4, -0.2) is 45.9 Å². The van der Waals surface area contributed by atoms with Crippen LogP contribution in [0.2, 0.25) is 5.15 Å². The molecule has 2 aromatic rings. The van der Waals surface area contributed by atoms with Gasteiger partial charge >= 0.3 is 0 Å². The third kappa shape index (κ3) is 3.21. The van der Waals surface area contributed by atoms with Gasteiger partial charge in [-0.1, -0.05) is 24.6 Å². The Morgan fingerprint density at radius 2 is 2.10 bits per heavy atom. The second kappa shape index (κ2) is 5.57. The number of hydrogen-bond donors (Lipinski definition) is 1. The van der Waals surface area contributed by atoms with Crippen molar-refractivity contribution >= 4 is 27.3 Å². The molecule has 0 saturated carbocycles. The third-order valence-electron chi connectivity index (χ3n) is 2.95. The minimum Gasteiger partial charge on any atom is -0.389 e. The Morgan fingerprint density at radius 3 is 2.67 bits per heavy atom. The first-order valence-electron chi connectivity index (χ1n) is 6.52. The number of hydrogen-bond acceptors (Lipinski definition) is 4.